The number of aromatic nitrogens is 2. The average molecular weight is 355 g/mol. The van der Waals surface area contributed by atoms with Crippen molar-refractivity contribution in [1.29, 1.82) is 0 Å². The van der Waals surface area contributed by atoms with Gasteiger partial charge in [-0.1, -0.05) is 18.2 Å². The predicted octanol–water partition coefficient (Wildman–Crippen LogP) is 2.22. The molecule has 1 atom stereocenters. The molecule has 26 heavy (non-hydrogen) atoms. The monoisotopic (exact) mass is 355 g/mol. The molecule has 6 nitrogen and oxygen atoms in total. The molecule has 2 aromatic carbocycles. The summed E-state index contributed by atoms with van der Waals surface area (Å²) in [6.07, 6.45) is 0.708. The number of halogens is 1. The Hall–Kier alpha value is -3.09. The molecule has 0 spiro atoms. The summed E-state index contributed by atoms with van der Waals surface area (Å²) >= 11 is 0. The highest BCUT2D eigenvalue weighted by Gasteiger charge is 2.28. The molecule has 1 aromatic heterocycles. The molecule has 1 fully saturated rings. The van der Waals surface area contributed by atoms with E-state index in [1.807, 2.05) is 6.07 Å². The fraction of sp³-hybridized carbons (Fsp3) is 0.263. The van der Waals surface area contributed by atoms with Crippen molar-refractivity contribution in [2.75, 3.05) is 13.1 Å². The molecule has 1 aliphatic heterocycles. The van der Waals surface area contributed by atoms with Crippen molar-refractivity contribution < 1.29 is 13.9 Å². The second-order valence-corrected chi connectivity index (χ2v) is 6.43. The molecule has 2 N–H and O–H groups in total. The van der Waals surface area contributed by atoms with E-state index in [9.17, 15) is 14.0 Å². The summed E-state index contributed by atoms with van der Waals surface area (Å²) in [4.78, 5) is 30.9. The lowest BCUT2D eigenvalue weighted by atomic mass is 10.1. The zero-order valence-electron chi connectivity index (χ0n) is 14.0. The van der Waals surface area contributed by atoms with Gasteiger partial charge in [-0.3, -0.25) is 4.79 Å². The lowest BCUT2D eigenvalue weighted by Gasteiger charge is -2.17. The van der Waals surface area contributed by atoms with Gasteiger partial charge >= 0.3 is 5.69 Å². The Morgan fingerprint density at radius 3 is 2.85 bits per heavy atom. The number of ether oxygens (including phenoxy) is 1. The number of likely N-dealkylation sites (tertiary alicyclic amines) is 1. The van der Waals surface area contributed by atoms with Crippen LogP contribution in [0.25, 0.3) is 11.0 Å². The van der Waals surface area contributed by atoms with Crippen LogP contribution < -0.4 is 10.4 Å². The topological polar surface area (TPSA) is 78.2 Å². The number of H-pyrrole nitrogens is 2. The first-order chi connectivity index (χ1) is 12.6. The highest BCUT2D eigenvalue weighted by Crippen LogP contribution is 2.22. The smallest absolute Gasteiger partial charge is 0.323 e. The van der Waals surface area contributed by atoms with E-state index in [1.165, 1.54) is 6.07 Å². The minimum absolute atomic E-state index is 0.0122. The molecule has 0 aliphatic carbocycles. The van der Waals surface area contributed by atoms with Crippen molar-refractivity contribution in [2.45, 2.75) is 18.9 Å². The number of para-hydroxylation sites is 1. The number of hydrogen-bond donors (Lipinski definition) is 2. The number of nitrogens with zero attached hydrogens (tertiary/aromatic N) is 1. The molecule has 1 saturated heterocycles. The normalized spacial score (nSPS) is 17.0. The Kier molecular flexibility index (Phi) is 4.20. The zero-order valence-corrected chi connectivity index (χ0v) is 14.0. The van der Waals surface area contributed by atoms with E-state index in [-0.39, 0.29) is 29.9 Å². The van der Waals surface area contributed by atoms with Crippen LogP contribution in [0.1, 0.15) is 12.0 Å². The maximum absolute atomic E-state index is 13.7. The Balaban J connectivity index is 1.39. The molecule has 0 radical (unpaired) electrons. The largest absolute Gasteiger partial charge is 0.485 e. The highest BCUT2D eigenvalue weighted by molar-refractivity contribution is 5.81. The second kappa shape index (κ2) is 6.67. The number of imidazole rings is 1. The highest BCUT2D eigenvalue weighted by atomic mass is 19.1. The number of carbonyl (C=O) groups is 1. The van der Waals surface area contributed by atoms with Gasteiger partial charge in [-0.25, -0.2) is 9.18 Å². The van der Waals surface area contributed by atoms with Crippen LogP contribution in [0.15, 0.2) is 47.3 Å². The van der Waals surface area contributed by atoms with Crippen LogP contribution in [0.3, 0.4) is 0 Å². The number of amides is 1. The third-order valence-electron chi connectivity index (χ3n) is 4.56. The molecular formula is C19H18FN3O3. The summed E-state index contributed by atoms with van der Waals surface area (Å²) in [7, 11) is 0. The molecule has 7 heteroatoms. The number of hydrogen-bond acceptors (Lipinski definition) is 3. The number of fused-ring (bicyclic) bond motifs is 1. The standard InChI is InChI=1S/C19H18FN3O3/c20-14-3-1-2-4-17(14)26-13-7-8-23(11-13)18(24)10-12-5-6-15-16(9-12)22-19(25)21-15/h1-6,9,13H,7-8,10-11H2,(H2,21,22,25). The molecular weight excluding hydrogens is 337 g/mol. The second-order valence-electron chi connectivity index (χ2n) is 6.43. The van der Waals surface area contributed by atoms with Crippen molar-refractivity contribution in [3.05, 3.63) is 64.3 Å². The summed E-state index contributed by atoms with van der Waals surface area (Å²) in [6.45, 7) is 1.03. The number of rotatable bonds is 4. The fourth-order valence-electron chi connectivity index (χ4n) is 3.25. The summed E-state index contributed by atoms with van der Waals surface area (Å²) in [5.74, 6) is -0.193. The molecule has 0 saturated carbocycles. The summed E-state index contributed by atoms with van der Waals surface area (Å²) in [5, 5.41) is 0. The van der Waals surface area contributed by atoms with Crippen LogP contribution in [-0.4, -0.2) is 40.0 Å². The number of nitrogens with one attached hydrogen (secondary N) is 2. The minimum atomic E-state index is -0.397. The first kappa shape index (κ1) is 16.4. The Morgan fingerprint density at radius 1 is 1.19 bits per heavy atom. The van der Waals surface area contributed by atoms with Gasteiger partial charge in [-0.05, 0) is 29.8 Å². The molecule has 1 aliphatic rings. The van der Waals surface area contributed by atoms with E-state index in [1.54, 1.807) is 35.2 Å². The van der Waals surface area contributed by atoms with Gasteiger partial charge < -0.3 is 19.6 Å². The molecule has 4 rings (SSSR count). The Morgan fingerprint density at radius 2 is 2.00 bits per heavy atom. The van der Waals surface area contributed by atoms with Gasteiger partial charge in [0, 0.05) is 13.0 Å². The van der Waals surface area contributed by atoms with Crippen molar-refractivity contribution in [3.63, 3.8) is 0 Å². The molecule has 1 amide bonds. The Labute approximate surface area is 148 Å². The van der Waals surface area contributed by atoms with Gasteiger partial charge in [-0.2, -0.15) is 0 Å². The van der Waals surface area contributed by atoms with E-state index >= 15 is 0 Å². The van der Waals surface area contributed by atoms with Crippen LogP contribution in [0.2, 0.25) is 0 Å². The zero-order chi connectivity index (χ0) is 18.1. The van der Waals surface area contributed by atoms with E-state index in [0.717, 1.165) is 5.56 Å². The van der Waals surface area contributed by atoms with Crippen LogP contribution in [-0.2, 0) is 11.2 Å². The van der Waals surface area contributed by atoms with E-state index in [0.29, 0.717) is 30.5 Å². The first-order valence-corrected chi connectivity index (χ1v) is 8.48. The maximum atomic E-state index is 13.7. The summed E-state index contributed by atoms with van der Waals surface area (Å²) in [5.41, 5.74) is 1.96. The van der Waals surface area contributed by atoms with Crippen LogP contribution in [0.5, 0.6) is 5.75 Å². The average Bonchev–Trinajstić information content (AvgIpc) is 3.22. The van der Waals surface area contributed by atoms with Gasteiger partial charge in [0.2, 0.25) is 5.91 Å². The number of benzene rings is 2. The SMILES string of the molecule is O=C(Cc1ccc2[nH]c(=O)[nH]c2c1)N1CCC(Oc2ccccc2F)C1. The molecule has 1 unspecified atom stereocenters. The molecule has 3 aromatic rings. The minimum Gasteiger partial charge on any atom is -0.485 e. The van der Waals surface area contributed by atoms with Gasteiger partial charge in [-0.15, -0.1) is 0 Å². The van der Waals surface area contributed by atoms with Crippen LogP contribution in [0.4, 0.5) is 4.39 Å². The van der Waals surface area contributed by atoms with Gasteiger partial charge in [0.15, 0.2) is 11.6 Å². The summed E-state index contributed by atoms with van der Waals surface area (Å²) in [6, 6.07) is 11.7. The van der Waals surface area contributed by atoms with Gasteiger partial charge in [0.25, 0.3) is 0 Å². The predicted molar refractivity (Wildman–Crippen MR) is 94.6 cm³/mol. The third kappa shape index (κ3) is 3.33. The third-order valence-corrected chi connectivity index (χ3v) is 4.56. The number of carbonyl (C=O) groups excluding carboxylic acids is 1. The molecule has 2 heterocycles. The molecule has 134 valence electrons. The molecule has 0 bridgehead atoms. The maximum Gasteiger partial charge on any atom is 0.323 e. The van der Waals surface area contributed by atoms with Crippen molar-refractivity contribution in [3.8, 4) is 5.75 Å². The summed E-state index contributed by atoms with van der Waals surface area (Å²) < 4.78 is 19.4. The van der Waals surface area contributed by atoms with E-state index in [2.05, 4.69) is 9.97 Å². The lowest BCUT2D eigenvalue weighted by Crippen LogP contribution is -2.32. The van der Waals surface area contributed by atoms with Gasteiger partial charge in [0.05, 0.1) is 24.0 Å². The lowest BCUT2D eigenvalue weighted by molar-refractivity contribution is -0.129. The van der Waals surface area contributed by atoms with Crippen LogP contribution in [0, 0.1) is 5.82 Å². The van der Waals surface area contributed by atoms with E-state index < -0.39 is 5.82 Å². The van der Waals surface area contributed by atoms with E-state index in [4.69, 9.17) is 4.74 Å². The quantitative estimate of drug-likeness (QED) is 0.753. The van der Waals surface area contributed by atoms with Gasteiger partial charge in [0.1, 0.15) is 6.10 Å². The number of aromatic amines is 2. The first-order valence-electron chi connectivity index (χ1n) is 8.48. The van der Waals surface area contributed by atoms with Crippen molar-refractivity contribution >= 4 is 16.9 Å². The fourth-order valence-corrected chi connectivity index (χ4v) is 3.25. The van der Waals surface area contributed by atoms with Crippen molar-refractivity contribution in [1.82, 2.24) is 14.9 Å². The Bertz CT molecular complexity index is 1010. The van der Waals surface area contributed by atoms with Crippen LogP contribution >= 0.6 is 0 Å². The van der Waals surface area contributed by atoms with Crippen molar-refractivity contribution in [2.24, 2.45) is 0 Å².